The SMILES string of the molecule is Cc1cc(C=CC(=O)Nc2[nH]nc(-c3ccncc3)c2C)ccc1Cl. The van der Waals surface area contributed by atoms with Crippen LogP contribution in [0.3, 0.4) is 0 Å². The fourth-order valence-electron chi connectivity index (χ4n) is 2.42. The Bertz CT molecular complexity index is 932. The van der Waals surface area contributed by atoms with Crippen LogP contribution >= 0.6 is 11.6 Å². The summed E-state index contributed by atoms with van der Waals surface area (Å²) in [5.41, 5.74) is 4.48. The highest BCUT2D eigenvalue weighted by Gasteiger charge is 2.12. The highest BCUT2D eigenvalue weighted by molar-refractivity contribution is 6.31. The van der Waals surface area contributed by atoms with Gasteiger partial charge in [0.1, 0.15) is 5.82 Å². The standard InChI is InChI=1S/C19H17ClN4O/c1-12-11-14(3-5-16(12)20)4-6-17(25)22-19-13(2)18(23-24-19)15-7-9-21-10-8-15/h3-11H,1-2H3,(H2,22,23,24,25). The van der Waals surface area contributed by atoms with Gasteiger partial charge >= 0.3 is 0 Å². The van der Waals surface area contributed by atoms with Gasteiger partial charge in [0.2, 0.25) is 5.91 Å². The topological polar surface area (TPSA) is 70.7 Å². The number of benzene rings is 1. The minimum atomic E-state index is -0.236. The minimum absolute atomic E-state index is 0.236. The normalized spacial score (nSPS) is 11.0. The molecule has 0 aliphatic carbocycles. The number of hydrogen-bond acceptors (Lipinski definition) is 3. The molecule has 6 heteroatoms. The van der Waals surface area contributed by atoms with Gasteiger partial charge in [-0.1, -0.05) is 23.7 Å². The molecule has 2 N–H and O–H groups in total. The Morgan fingerprint density at radius 2 is 1.96 bits per heavy atom. The number of amides is 1. The first kappa shape index (κ1) is 16.9. The molecule has 0 aliphatic heterocycles. The second-order valence-electron chi connectivity index (χ2n) is 5.64. The van der Waals surface area contributed by atoms with E-state index in [1.54, 1.807) is 18.5 Å². The zero-order valence-electron chi connectivity index (χ0n) is 13.9. The van der Waals surface area contributed by atoms with Crippen molar-refractivity contribution >= 4 is 29.4 Å². The number of halogens is 1. The van der Waals surface area contributed by atoms with Gasteiger partial charge < -0.3 is 5.32 Å². The average molecular weight is 353 g/mol. The summed E-state index contributed by atoms with van der Waals surface area (Å²) >= 11 is 6.00. The lowest BCUT2D eigenvalue weighted by Crippen LogP contribution is -2.09. The highest BCUT2D eigenvalue weighted by atomic mass is 35.5. The largest absolute Gasteiger partial charge is 0.307 e. The van der Waals surface area contributed by atoms with Crippen LogP contribution in [0.25, 0.3) is 17.3 Å². The van der Waals surface area contributed by atoms with Crippen molar-refractivity contribution in [1.29, 1.82) is 0 Å². The maximum atomic E-state index is 12.2. The van der Waals surface area contributed by atoms with E-state index >= 15 is 0 Å². The van der Waals surface area contributed by atoms with Crippen LogP contribution in [0.4, 0.5) is 5.82 Å². The Labute approximate surface area is 150 Å². The van der Waals surface area contributed by atoms with Crippen LogP contribution in [0.2, 0.25) is 5.02 Å². The van der Waals surface area contributed by atoms with Crippen LogP contribution in [0.15, 0.2) is 48.8 Å². The number of nitrogens with zero attached hydrogens (tertiary/aromatic N) is 2. The maximum absolute atomic E-state index is 12.2. The number of carbonyl (C=O) groups excluding carboxylic acids is 1. The number of pyridine rings is 1. The number of rotatable bonds is 4. The second kappa shape index (κ2) is 7.32. The lowest BCUT2D eigenvalue weighted by atomic mass is 10.1. The molecule has 2 heterocycles. The van der Waals surface area contributed by atoms with Crippen molar-refractivity contribution in [2.75, 3.05) is 5.32 Å². The summed E-state index contributed by atoms with van der Waals surface area (Å²) in [6, 6.07) is 9.35. The van der Waals surface area contributed by atoms with Crippen LogP contribution in [0, 0.1) is 13.8 Å². The maximum Gasteiger partial charge on any atom is 0.249 e. The Morgan fingerprint density at radius 1 is 1.20 bits per heavy atom. The smallest absolute Gasteiger partial charge is 0.249 e. The lowest BCUT2D eigenvalue weighted by Gasteiger charge is -2.02. The van der Waals surface area contributed by atoms with Crippen LogP contribution in [0.5, 0.6) is 0 Å². The monoisotopic (exact) mass is 352 g/mol. The number of H-pyrrole nitrogens is 1. The first-order chi connectivity index (χ1) is 12.0. The minimum Gasteiger partial charge on any atom is -0.307 e. The molecular weight excluding hydrogens is 336 g/mol. The van der Waals surface area contributed by atoms with Crippen LogP contribution in [-0.2, 0) is 4.79 Å². The van der Waals surface area contributed by atoms with Crippen LogP contribution in [0.1, 0.15) is 16.7 Å². The Balaban J connectivity index is 1.72. The summed E-state index contributed by atoms with van der Waals surface area (Å²) in [5, 5.41) is 10.7. The first-order valence-electron chi connectivity index (χ1n) is 7.75. The summed E-state index contributed by atoms with van der Waals surface area (Å²) in [5.74, 6) is 0.342. The molecule has 1 amide bonds. The highest BCUT2D eigenvalue weighted by Crippen LogP contribution is 2.25. The van der Waals surface area contributed by atoms with E-state index in [1.807, 2.05) is 44.2 Å². The number of anilines is 1. The summed E-state index contributed by atoms with van der Waals surface area (Å²) in [6.45, 7) is 3.83. The number of nitrogens with one attached hydrogen (secondary N) is 2. The predicted octanol–water partition coefficient (Wildman–Crippen LogP) is 4.39. The van der Waals surface area contributed by atoms with Crippen molar-refractivity contribution in [2.45, 2.75) is 13.8 Å². The van der Waals surface area contributed by atoms with Gasteiger partial charge in [-0.25, -0.2) is 0 Å². The molecule has 0 atom stereocenters. The van der Waals surface area contributed by atoms with Crippen molar-refractivity contribution in [3.8, 4) is 11.3 Å². The van der Waals surface area contributed by atoms with E-state index in [9.17, 15) is 4.79 Å². The third-order valence-corrected chi connectivity index (χ3v) is 4.24. The summed E-state index contributed by atoms with van der Waals surface area (Å²) < 4.78 is 0. The van der Waals surface area contributed by atoms with Gasteiger partial charge in [0, 0.05) is 34.6 Å². The number of aromatic amines is 1. The fraction of sp³-hybridized carbons (Fsp3) is 0.105. The van der Waals surface area contributed by atoms with E-state index in [4.69, 9.17) is 11.6 Å². The molecule has 0 spiro atoms. The van der Waals surface area contributed by atoms with Crippen LogP contribution in [-0.4, -0.2) is 21.1 Å². The molecule has 0 saturated heterocycles. The second-order valence-corrected chi connectivity index (χ2v) is 6.05. The third kappa shape index (κ3) is 3.95. The summed E-state index contributed by atoms with van der Waals surface area (Å²) in [6.07, 6.45) is 6.64. The van der Waals surface area contributed by atoms with E-state index < -0.39 is 0 Å². The molecule has 0 aliphatic rings. The van der Waals surface area contributed by atoms with Gasteiger partial charge in [-0.3, -0.25) is 14.9 Å². The molecule has 0 unspecified atom stereocenters. The van der Waals surface area contributed by atoms with Crippen molar-refractivity contribution in [3.63, 3.8) is 0 Å². The molecule has 3 aromatic rings. The molecule has 0 radical (unpaired) electrons. The number of hydrogen-bond donors (Lipinski definition) is 2. The molecule has 3 rings (SSSR count). The average Bonchev–Trinajstić information content (AvgIpc) is 2.97. The van der Waals surface area contributed by atoms with Crippen molar-refractivity contribution in [2.24, 2.45) is 0 Å². The molecule has 126 valence electrons. The Hall–Kier alpha value is -2.92. The molecule has 0 bridgehead atoms. The van der Waals surface area contributed by atoms with Gasteiger partial charge in [-0.05, 0) is 49.2 Å². The Kier molecular flexibility index (Phi) is 4.95. The van der Waals surface area contributed by atoms with E-state index in [0.717, 1.165) is 27.9 Å². The molecule has 2 aromatic heterocycles. The zero-order valence-corrected chi connectivity index (χ0v) is 14.6. The predicted molar refractivity (Wildman–Crippen MR) is 100 cm³/mol. The van der Waals surface area contributed by atoms with E-state index in [-0.39, 0.29) is 5.91 Å². The molecular formula is C19H17ClN4O. The van der Waals surface area contributed by atoms with Crippen LogP contribution < -0.4 is 5.32 Å². The first-order valence-corrected chi connectivity index (χ1v) is 8.13. The van der Waals surface area contributed by atoms with Crippen molar-refractivity contribution in [3.05, 3.63) is 70.5 Å². The quantitative estimate of drug-likeness (QED) is 0.684. The van der Waals surface area contributed by atoms with E-state index in [2.05, 4.69) is 20.5 Å². The summed E-state index contributed by atoms with van der Waals surface area (Å²) in [7, 11) is 0. The van der Waals surface area contributed by atoms with Gasteiger partial charge in [-0.2, -0.15) is 5.10 Å². The third-order valence-electron chi connectivity index (χ3n) is 3.82. The molecule has 25 heavy (non-hydrogen) atoms. The molecule has 1 aromatic carbocycles. The molecule has 0 saturated carbocycles. The summed E-state index contributed by atoms with van der Waals surface area (Å²) in [4.78, 5) is 16.1. The fourth-order valence-corrected chi connectivity index (χ4v) is 2.54. The number of aryl methyl sites for hydroxylation is 1. The van der Waals surface area contributed by atoms with Crippen molar-refractivity contribution in [1.82, 2.24) is 15.2 Å². The molecule has 0 fully saturated rings. The number of aromatic nitrogens is 3. The zero-order chi connectivity index (χ0) is 17.8. The van der Waals surface area contributed by atoms with Crippen molar-refractivity contribution < 1.29 is 4.79 Å². The van der Waals surface area contributed by atoms with Gasteiger partial charge in [0.15, 0.2) is 0 Å². The van der Waals surface area contributed by atoms with Gasteiger partial charge in [-0.15, -0.1) is 0 Å². The van der Waals surface area contributed by atoms with E-state index in [1.165, 1.54) is 6.08 Å². The number of carbonyl (C=O) groups is 1. The van der Waals surface area contributed by atoms with E-state index in [0.29, 0.717) is 10.8 Å². The molecule has 5 nitrogen and oxygen atoms in total. The Morgan fingerprint density at radius 3 is 2.68 bits per heavy atom. The van der Waals surface area contributed by atoms with Gasteiger partial charge in [0.25, 0.3) is 0 Å². The van der Waals surface area contributed by atoms with Gasteiger partial charge in [0.05, 0.1) is 5.69 Å². The lowest BCUT2D eigenvalue weighted by molar-refractivity contribution is -0.111.